The van der Waals surface area contributed by atoms with Crippen molar-refractivity contribution in [2.75, 3.05) is 13.1 Å². The standard InChI is InChI=1S/C12H14ClNO/c1-8-6-10(13)7-9(2)11(8)12(15)14-4-3-5-14/h6-7H,3-5H2,1-2H3. The summed E-state index contributed by atoms with van der Waals surface area (Å²) in [5.41, 5.74) is 2.76. The summed E-state index contributed by atoms with van der Waals surface area (Å²) < 4.78 is 0. The maximum Gasteiger partial charge on any atom is 0.254 e. The normalized spacial score (nSPS) is 15.0. The Morgan fingerprint density at radius 2 is 1.80 bits per heavy atom. The minimum atomic E-state index is 0.146. The van der Waals surface area contributed by atoms with Crippen LogP contribution in [0, 0.1) is 13.8 Å². The van der Waals surface area contributed by atoms with Gasteiger partial charge in [0.15, 0.2) is 0 Å². The summed E-state index contributed by atoms with van der Waals surface area (Å²) in [7, 11) is 0. The number of halogens is 1. The molecule has 0 bridgehead atoms. The van der Waals surface area contributed by atoms with Gasteiger partial charge in [0, 0.05) is 23.7 Å². The predicted molar refractivity (Wildman–Crippen MR) is 61.4 cm³/mol. The first-order chi connectivity index (χ1) is 7.09. The van der Waals surface area contributed by atoms with Crippen molar-refractivity contribution >= 4 is 17.5 Å². The molecule has 1 heterocycles. The monoisotopic (exact) mass is 223 g/mol. The minimum Gasteiger partial charge on any atom is -0.338 e. The van der Waals surface area contributed by atoms with E-state index in [4.69, 9.17) is 11.6 Å². The van der Waals surface area contributed by atoms with Gasteiger partial charge in [-0.05, 0) is 43.5 Å². The number of benzene rings is 1. The highest BCUT2D eigenvalue weighted by Gasteiger charge is 2.24. The average molecular weight is 224 g/mol. The van der Waals surface area contributed by atoms with Gasteiger partial charge in [-0.2, -0.15) is 0 Å². The number of aryl methyl sites for hydroxylation is 2. The van der Waals surface area contributed by atoms with Crippen molar-refractivity contribution in [2.24, 2.45) is 0 Å². The molecule has 0 aromatic heterocycles. The van der Waals surface area contributed by atoms with Crippen molar-refractivity contribution in [3.05, 3.63) is 33.8 Å². The van der Waals surface area contributed by atoms with E-state index in [1.54, 1.807) is 0 Å². The van der Waals surface area contributed by atoms with Gasteiger partial charge in [-0.15, -0.1) is 0 Å². The Labute approximate surface area is 94.8 Å². The average Bonchev–Trinajstić information content (AvgIpc) is 1.97. The molecule has 0 aliphatic carbocycles. The maximum atomic E-state index is 12.1. The first-order valence-corrected chi connectivity index (χ1v) is 5.53. The van der Waals surface area contributed by atoms with E-state index in [-0.39, 0.29) is 5.91 Å². The van der Waals surface area contributed by atoms with Crippen LogP contribution in [0.3, 0.4) is 0 Å². The van der Waals surface area contributed by atoms with Gasteiger partial charge in [-0.3, -0.25) is 4.79 Å². The second-order valence-electron chi connectivity index (χ2n) is 4.06. The smallest absolute Gasteiger partial charge is 0.254 e. The molecular formula is C12H14ClNO. The fourth-order valence-electron chi connectivity index (χ4n) is 1.93. The molecule has 0 atom stereocenters. The Kier molecular flexibility index (Phi) is 2.70. The van der Waals surface area contributed by atoms with E-state index in [0.29, 0.717) is 5.02 Å². The van der Waals surface area contributed by atoms with Crippen LogP contribution in [0.2, 0.25) is 5.02 Å². The zero-order valence-electron chi connectivity index (χ0n) is 9.01. The lowest BCUT2D eigenvalue weighted by atomic mass is 10.0. The van der Waals surface area contributed by atoms with Crippen LogP contribution in [-0.4, -0.2) is 23.9 Å². The van der Waals surface area contributed by atoms with Gasteiger partial charge in [0.2, 0.25) is 0 Å². The van der Waals surface area contributed by atoms with Crippen molar-refractivity contribution in [2.45, 2.75) is 20.3 Å². The molecule has 1 aromatic carbocycles. The fraction of sp³-hybridized carbons (Fsp3) is 0.417. The molecule has 1 saturated heterocycles. The molecule has 0 saturated carbocycles. The first-order valence-electron chi connectivity index (χ1n) is 5.15. The Balaban J connectivity index is 2.38. The summed E-state index contributed by atoms with van der Waals surface area (Å²) >= 11 is 5.93. The van der Waals surface area contributed by atoms with E-state index in [1.807, 2.05) is 30.9 Å². The molecule has 2 nitrogen and oxygen atoms in total. The predicted octanol–water partition coefficient (Wildman–Crippen LogP) is 2.80. The van der Waals surface area contributed by atoms with Crippen molar-refractivity contribution in [3.63, 3.8) is 0 Å². The number of amides is 1. The second kappa shape index (κ2) is 3.86. The molecule has 80 valence electrons. The molecule has 0 unspecified atom stereocenters. The molecule has 0 N–H and O–H groups in total. The number of nitrogens with zero attached hydrogens (tertiary/aromatic N) is 1. The molecule has 2 rings (SSSR count). The highest BCUT2D eigenvalue weighted by Crippen LogP contribution is 2.23. The van der Waals surface area contributed by atoms with E-state index in [9.17, 15) is 4.79 Å². The minimum absolute atomic E-state index is 0.146. The van der Waals surface area contributed by atoms with Gasteiger partial charge in [-0.25, -0.2) is 0 Å². The highest BCUT2D eigenvalue weighted by molar-refractivity contribution is 6.30. The van der Waals surface area contributed by atoms with Crippen LogP contribution in [0.4, 0.5) is 0 Å². The molecule has 3 heteroatoms. The summed E-state index contributed by atoms with van der Waals surface area (Å²) in [6.07, 6.45) is 1.12. The van der Waals surface area contributed by atoms with Crippen LogP contribution in [-0.2, 0) is 0 Å². The topological polar surface area (TPSA) is 20.3 Å². The van der Waals surface area contributed by atoms with Gasteiger partial charge < -0.3 is 4.90 Å². The molecule has 0 spiro atoms. The van der Waals surface area contributed by atoms with Crippen LogP contribution < -0.4 is 0 Å². The third-order valence-corrected chi connectivity index (χ3v) is 3.07. The first kappa shape index (κ1) is 10.5. The molecule has 1 aromatic rings. The van der Waals surface area contributed by atoms with Gasteiger partial charge in [0.1, 0.15) is 0 Å². The number of carbonyl (C=O) groups is 1. The third-order valence-electron chi connectivity index (χ3n) is 2.85. The van der Waals surface area contributed by atoms with Crippen molar-refractivity contribution in [3.8, 4) is 0 Å². The van der Waals surface area contributed by atoms with E-state index in [2.05, 4.69) is 0 Å². The molecular weight excluding hydrogens is 210 g/mol. The Morgan fingerprint density at radius 3 is 2.20 bits per heavy atom. The molecule has 1 amide bonds. The summed E-state index contributed by atoms with van der Waals surface area (Å²) in [6.45, 7) is 5.65. The number of carbonyl (C=O) groups excluding carboxylic acids is 1. The Morgan fingerprint density at radius 1 is 1.27 bits per heavy atom. The van der Waals surface area contributed by atoms with Crippen LogP contribution >= 0.6 is 11.6 Å². The van der Waals surface area contributed by atoms with Crippen LogP contribution in [0.15, 0.2) is 12.1 Å². The maximum absolute atomic E-state index is 12.1. The number of hydrogen-bond acceptors (Lipinski definition) is 1. The number of likely N-dealkylation sites (tertiary alicyclic amines) is 1. The zero-order chi connectivity index (χ0) is 11.0. The fourth-order valence-corrected chi connectivity index (χ4v) is 2.25. The van der Waals surface area contributed by atoms with Crippen LogP contribution in [0.1, 0.15) is 27.9 Å². The van der Waals surface area contributed by atoms with Crippen molar-refractivity contribution in [1.82, 2.24) is 4.90 Å². The quantitative estimate of drug-likeness (QED) is 0.717. The van der Waals surface area contributed by atoms with Gasteiger partial charge in [-0.1, -0.05) is 11.6 Å². The third kappa shape index (κ3) is 1.86. The van der Waals surface area contributed by atoms with Gasteiger partial charge >= 0.3 is 0 Å². The summed E-state index contributed by atoms with van der Waals surface area (Å²) in [6, 6.07) is 3.70. The summed E-state index contributed by atoms with van der Waals surface area (Å²) in [4.78, 5) is 13.9. The number of rotatable bonds is 1. The van der Waals surface area contributed by atoms with Crippen molar-refractivity contribution < 1.29 is 4.79 Å². The number of hydrogen-bond donors (Lipinski definition) is 0. The summed E-state index contributed by atoms with van der Waals surface area (Å²) in [5, 5.41) is 0.699. The van der Waals surface area contributed by atoms with Gasteiger partial charge in [0.05, 0.1) is 0 Å². The molecule has 1 aliphatic heterocycles. The summed E-state index contributed by atoms with van der Waals surface area (Å²) in [5.74, 6) is 0.146. The molecule has 0 radical (unpaired) electrons. The van der Waals surface area contributed by atoms with Crippen LogP contribution in [0.25, 0.3) is 0 Å². The molecule has 1 aliphatic rings. The second-order valence-corrected chi connectivity index (χ2v) is 4.50. The highest BCUT2D eigenvalue weighted by atomic mass is 35.5. The Bertz CT molecular complexity index is 387. The lowest BCUT2D eigenvalue weighted by Gasteiger charge is -2.32. The van der Waals surface area contributed by atoms with Crippen molar-refractivity contribution in [1.29, 1.82) is 0 Å². The zero-order valence-corrected chi connectivity index (χ0v) is 9.77. The molecule has 1 fully saturated rings. The lowest BCUT2D eigenvalue weighted by molar-refractivity contribution is 0.0650. The van der Waals surface area contributed by atoms with E-state index in [0.717, 1.165) is 36.2 Å². The molecule has 15 heavy (non-hydrogen) atoms. The van der Waals surface area contributed by atoms with E-state index in [1.165, 1.54) is 0 Å². The van der Waals surface area contributed by atoms with E-state index >= 15 is 0 Å². The van der Waals surface area contributed by atoms with Gasteiger partial charge in [0.25, 0.3) is 5.91 Å². The van der Waals surface area contributed by atoms with E-state index < -0.39 is 0 Å². The van der Waals surface area contributed by atoms with Crippen LogP contribution in [0.5, 0.6) is 0 Å². The Hall–Kier alpha value is -1.02. The lowest BCUT2D eigenvalue weighted by Crippen LogP contribution is -2.42. The largest absolute Gasteiger partial charge is 0.338 e. The SMILES string of the molecule is Cc1cc(Cl)cc(C)c1C(=O)N1CCC1.